The Morgan fingerprint density at radius 1 is 1.35 bits per heavy atom. The van der Waals surface area contributed by atoms with Gasteiger partial charge in [0.15, 0.2) is 0 Å². The Labute approximate surface area is 134 Å². The number of rotatable bonds is 1. The van der Waals surface area contributed by atoms with E-state index in [1.165, 1.54) is 0 Å². The van der Waals surface area contributed by atoms with Crippen LogP contribution in [0.3, 0.4) is 0 Å². The first-order chi connectivity index (χ1) is 11.1. The second kappa shape index (κ2) is 5.05. The number of amides is 2. The standard InChI is InChI=1S/C18H19N3O2/c1-12-13-4-2-3-5-15(13)19-9-14(12)17(23)21-7-6-18(11-21)8-16(22)20-10-18/h2-5,9H,6-8,10-11H2,1H3,(H,20,22). The zero-order chi connectivity index (χ0) is 16.0. The molecule has 0 saturated carbocycles. The molecule has 0 radical (unpaired) electrons. The molecule has 3 heterocycles. The number of carbonyl (C=O) groups excluding carboxylic acids is 2. The van der Waals surface area contributed by atoms with Gasteiger partial charge in [0.25, 0.3) is 5.91 Å². The predicted octanol–water partition coefficient (Wildman–Crippen LogP) is 1.90. The van der Waals surface area contributed by atoms with Crippen molar-refractivity contribution in [3.8, 4) is 0 Å². The van der Waals surface area contributed by atoms with Crippen LogP contribution < -0.4 is 5.32 Å². The number of benzene rings is 1. The summed E-state index contributed by atoms with van der Waals surface area (Å²) < 4.78 is 0. The third-order valence-corrected chi connectivity index (χ3v) is 5.20. The van der Waals surface area contributed by atoms with Crippen LogP contribution in [0.2, 0.25) is 0 Å². The Bertz CT molecular complexity index is 817. The topological polar surface area (TPSA) is 62.3 Å². The molecule has 1 atom stereocenters. The van der Waals surface area contributed by atoms with Gasteiger partial charge in [-0.2, -0.15) is 0 Å². The van der Waals surface area contributed by atoms with E-state index in [0.29, 0.717) is 31.6 Å². The Hall–Kier alpha value is -2.43. The second-order valence-electron chi connectivity index (χ2n) is 6.74. The molecule has 1 aromatic carbocycles. The highest BCUT2D eigenvalue weighted by Crippen LogP contribution is 2.37. The first kappa shape index (κ1) is 14.2. The zero-order valence-electron chi connectivity index (χ0n) is 13.1. The summed E-state index contributed by atoms with van der Waals surface area (Å²) in [5.41, 5.74) is 2.48. The maximum atomic E-state index is 12.9. The summed E-state index contributed by atoms with van der Waals surface area (Å²) in [4.78, 5) is 30.7. The van der Waals surface area contributed by atoms with Crippen molar-refractivity contribution in [1.82, 2.24) is 15.2 Å². The van der Waals surface area contributed by atoms with Gasteiger partial charge in [0.05, 0.1) is 11.1 Å². The van der Waals surface area contributed by atoms with Gasteiger partial charge >= 0.3 is 0 Å². The van der Waals surface area contributed by atoms with Gasteiger partial charge in [-0.05, 0) is 25.0 Å². The van der Waals surface area contributed by atoms with Crippen molar-refractivity contribution in [3.05, 3.63) is 41.6 Å². The number of aromatic nitrogens is 1. The second-order valence-corrected chi connectivity index (χ2v) is 6.74. The molecule has 0 aliphatic carbocycles. The lowest BCUT2D eigenvalue weighted by molar-refractivity contribution is -0.119. The molecule has 2 aromatic rings. The van der Waals surface area contributed by atoms with E-state index in [0.717, 1.165) is 22.9 Å². The monoisotopic (exact) mass is 309 g/mol. The molecule has 2 amide bonds. The van der Waals surface area contributed by atoms with Crippen molar-refractivity contribution in [1.29, 1.82) is 0 Å². The summed E-state index contributed by atoms with van der Waals surface area (Å²) in [6.07, 6.45) is 3.10. The number of hydrogen-bond acceptors (Lipinski definition) is 3. The quantitative estimate of drug-likeness (QED) is 0.875. The van der Waals surface area contributed by atoms with Crippen molar-refractivity contribution in [2.75, 3.05) is 19.6 Å². The van der Waals surface area contributed by atoms with Gasteiger partial charge in [-0.25, -0.2) is 0 Å². The minimum absolute atomic E-state index is 0.0250. The van der Waals surface area contributed by atoms with E-state index in [2.05, 4.69) is 10.3 Å². The van der Waals surface area contributed by atoms with Gasteiger partial charge in [0, 0.05) is 43.1 Å². The van der Waals surface area contributed by atoms with E-state index in [9.17, 15) is 9.59 Å². The van der Waals surface area contributed by atoms with E-state index in [-0.39, 0.29) is 17.2 Å². The van der Waals surface area contributed by atoms with Gasteiger partial charge in [-0.1, -0.05) is 18.2 Å². The first-order valence-corrected chi connectivity index (χ1v) is 7.98. The van der Waals surface area contributed by atoms with Crippen LogP contribution in [-0.2, 0) is 4.79 Å². The number of nitrogens with zero attached hydrogens (tertiary/aromatic N) is 2. The third kappa shape index (κ3) is 2.27. The number of nitrogens with one attached hydrogen (secondary N) is 1. The highest BCUT2D eigenvalue weighted by molar-refractivity contribution is 6.00. The fourth-order valence-electron chi connectivity index (χ4n) is 3.81. The molecule has 2 saturated heterocycles. The molecule has 1 spiro atoms. The summed E-state index contributed by atoms with van der Waals surface area (Å²) in [5, 5.41) is 3.92. The minimum atomic E-state index is -0.0646. The number of para-hydroxylation sites is 1. The number of pyridine rings is 1. The van der Waals surface area contributed by atoms with E-state index >= 15 is 0 Å². The number of hydrogen-bond donors (Lipinski definition) is 1. The smallest absolute Gasteiger partial charge is 0.255 e. The van der Waals surface area contributed by atoms with Crippen molar-refractivity contribution in [2.45, 2.75) is 19.8 Å². The number of likely N-dealkylation sites (tertiary alicyclic amines) is 1. The van der Waals surface area contributed by atoms with Crippen LogP contribution in [0.1, 0.15) is 28.8 Å². The Morgan fingerprint density at radius 3 is 2.96 bits per heavy atom. The Kier molecular flexibility index (Phi) is 3.11. The van der Waals surface area contributed by atoms with Crippen molar-refractivity contribution < 1.29 is 9.59 Å². The number of fused-ring (bicyclic) bond motifs is 1. The van der Waals surface area contributed by atoms with Crippen molar-refractivity contribution in [3.63, 3.8) is 0 Å². The maximum absolute atomic E-state index is 12.9. The Balaban J connectivity index is 1.63. The van der Waals surface area contributed by atoms with Crippen molar-refractivity contribution in [2.24, 2.45) is 5.41 Å². The van der Waals surface area contributed by atoms with E-state index in [4.69, 9.17) is 0 Å². The first-order valence-electron chi connectivity index (χ1n) is 7.98. The van der Waals surface area contributed by atoms with Gasteiger partial charge in [0.1, 0.15) is 0 Å². The largest absolute Gasteiger partial charge is 0.355 e. The SMILES string of the molecule is Cc1c(C(=O)N2CCC3(CNC(=O)C3)C2)cnc2ccccc12. The van der Waals surface area contributed by atoms with Gasteiger partial charge in [-0.3, -0.25) is 14.6 Å². The molecule has 2 aliphatic rings. The van der Waals surface area contributed by atoms with Crippen LogP contribution >= 0.6 is 0 Å². The van der Waals surface area contributed by atoms with Crippen LogP contribution in [0.5, 0.6) is 0 Å². The number of aryl methyl sites for hydroxylation is 1. The molecule has 2 fully saturated rings. The summed E-state index contributed by atoms with van der Waals surface area (Å²) in [5.74, 6) is 0.125. The number of carbonyl (C=O) groups is 2. The molecule has 1 aromatic heterocycles. The predicted molar refractivity (Wildman–Crippen MR) is 87.1 cm³/mol. The Morgan fingerprint density at radius 2 is 2.17 bits per heavy atom. The summed E-state index contributed by atoms with van der Waals surface area (Å²) in [6.45, 7) is 4.02. The molecule has 1 N–H and O–H groups in total. The summed E-state index contributed by atoms with van der Waals surface area (Å²) in [7, 11) is 0. The molecular formula is C18H19N3O2. The minimum Gasteiger partial charge on any atom is -0.355 e. The molecule has 5 heteroatoms. The molecule has 0 bridgehead atoms. The molecule has 118 valence electrons. The van der Waals surface area contributed by atoms with Gasteiger partial charge in [-0.15, -0.1) is 0 Å². The lowest BCUT2D eigenvalue weighted by Gasteiger charge is -2.22. The zero-order valence-corrected chi connectivity index (χ0v) is 13.1. The van der Waals surface area contributed by atoms with Gasteiger partial charge < -0.3 is 10.2 Å². The molecule has 5 nitrogen and oxygen atoms in total. The average molecular weight is 309 g/mol. The van der Waals surface area contributed by atoms with E-state index < -0.39 is 0 Å². The molecule has 1 unspecified atom stereocenters. The van der Waals surface area contributed by atoms with Crippen LogP contribution in [0.25, 0.3) is 10.9 Å². The molecule has 2 aliphatic heterocycles. The lowest BCUT2D eigenvalue weighted by atomic mass is 9.86. The molecular weight excluding hydrogens is 290 g/mol. The third-order valence-electron chi connectivity index (χ3n) is 5.20. The molecule has 23 heavy (non-hydrogen) atoms. The van der Waals surface area contributed by atoms with Crippen molar-refractivity contribution >= 4 is 22.7 Å². The summed E-state index contributed by atoms with van der Waals surface area (Å²) >= 11 is 0. The van der Waals surface area contributed by atoms with E-state index in [1.807, 2.05) is 36.1 Å². The molecule has 4 rings (SSSR count). The lowest BCUT2D eigenvalue weighted by Crippen LogP contribution is -2.33. The highest BCUT2D eigenvalue weighted by Gasteiger charge is 2.45. The van der Waals surface area contributed by atoms with E-state index in [1.54, 1.807) is 6.20 Å². The maximum Gasteiger partial charge on any atom is 0.255 e. The van der Waals surface area contributed by atoms with Crippen LogP contribution in [0.4, 0.5) is 0 Å². The highest BCUT2D eigenvalue weighted by atomic mass is 16.2. The van der Waals surface area contributed by atoms with Crippen LogP contribution in [0, 0.1) is 12.3 Å². The normalized spacial score (nSPS) is 23.7. The van der Waals surface area contributed by atoms with Crippen LogP contribution in [0.15, 0.2) is 30.5 Å². The van der Waals surface area contributed by atoms with Crippen LogP contribution in [-0.4, -0.2) is 41.3 Å². The fourth-order valence-corrected chi connectivity index (χ4v) is 3.81. The van der Waals surface area contributed by atoms with Gasteiger partial charge in [0.2, 0.25) is 5.91 Å². The average Bonchev–Trinajstić information content (AvgIpc) is 3.14. The fraction of sp³-hybridized carbons (Fsp3) is 0.389. The summed E-state index contributed by atoms with van der Waals surface area (Å²) in [6, 6.07) is 7.87.